The third kappa shape index (κ3) is 3.20. The average molecular weight is 258 g/mol. The minimum atomic E-state index is -0.0659. The molecule has 2 aromatic rings. The molecule has 4 nitrogen and oxygen atoms in total. The van der Waals surface area contributed by atoms with Crippen molar-refractivity contribution in [1.29, 1.82) is 0 Å². The summed E-state index contributed by atoms with van der Waals surface area (Å²) in [6, 6.07) is 10.7. The third-order valence-corrected chi connectivity index (χ3v) is 3.33. The number of nitrogens with zero attached hydrogens (tertiary/aromatic N) is 3. The number of benzene rings is 1. The van der Waals surface area contributed by atoms with Crippen molar-refractivity contribution < 1.29 is 0 Å². The highest BCUT2D eigenvalue weighted by molar-refractivity contribution is 5.15. The SMILES string of the molecule is Cc1nnc(C(N)CCc2ccccc2)n1C(C)C. The second-order valence-corrected chi connectivity index (χ2v) is 5.20. The molecule has 1 aromatic heterocycles. The fourth-order valence-electron chi connectivity index (χ4n) is 2.37. The smallest absolute Gasteiger partial charge is 0.150 e. The number of rotatable bonds is 5. The lowest BCUT2D eigenvalue weighted by Crippen LogP contribution is -2.19. The van der Waals surface area contributed by atoms with Crippen LogP contribution in [0.2, 0.25) is 0 Å². The molecule has 19 heavy (non-hydrogen) atoms. The highest BCUT2D eigenvalue weighted by Crippen LogP contribution is 2.19. The minimum Gasteiger partial charge on any atom is -0.321 e. The molecule has 0 amide bonds. The molecule has 4 heteroatoms. The summed E-state index contributed by atoms with van der Waals surface area (Å²) in [4.78, 5) is 0. The molecule has 0 aliphatic rings. The van der Waals surface area contributed by atoms with Crippen LogP contribution in [0.4, 0.5) is 0 Å². The summed E-state index contributed by atoms with van der Waals surface area (Å²) in [6.07, 6.45) is 1.85. The topological polar surface area (TPSA) is 56.7 Å². The second kappa shape index (κ2) is 5.97. The predicted octanol–water partition coefficient (Wildman–Crippen LogP) is 2.80. The first-order valence-corrected chi connectivity index (χ1v) is 6.80. The van der Waals surface area contributed by atoms with E-state index in [0.29, 0.717) is 6.04 Å². The van der Waals surface area contributed by atoms with Gasteiger partial charge in [0, 0.05) is 6.04 Å². The number of aromatic nitrogens is 3. The van der Waals surface area contributed by atoms with Gasteiger partial charge in [0.05, 0.1) is 6.04 Å². The summed E-state index contributed by atoms with van der Waals surface area (Å²) in [6.45, 7) is 6.23. The summed E-state index contributed by atoms with van der Waals surface area (Å²) in [5.41, 5.74) is 7.58. The van der Waals surface area contributed by atoms with Gasteiger partial charge in [0.2, 0.25) is 0 Å². The Morgan fingerprint density at radius 1 is 1.16 bits per heavy atom. The molecule has 1 atom stereocenters. The monoisotopic (exact) mass is 258 g/mol. The number of aryl methyl sites for hydroxylation is 2. The normalized spacial score (nSPS) is 12.9. The molecule has 2 N–H and O–H groups in total. The molecular formula is C15H22N4. The van der Waals surface area contributed by atoms with Gasteiger partial charge in [-0.25, -0.2) is 0 Å². The zero-order valence-electron chi connectivity index (χ0n) is 11.9. The van der Waals surface area contributed by atoms with Crippen molar-refractivity contribution in [2.45, 2.75) is 45.7 Å². The van der Waals surface area contributed by atoms with Crippen molar-refractivity contribution in [3.05, 3.63) is 47.5 Å². The van der Waals surface area contributed by atoms with Crippen LogP contribution in [-0.4, -0.2) is 14.8 Å². The largest absolute Gasteiger partial charge is 0.321 e. The quantitative estimate of drug-likeness (QED) is 0.897. The van der Waals surface area contributed by atoms with Gasteiger partial charge in [0.15, 0.2) is 0 Å². The van der Waals surface area contributed by atoms with Crippen molar-refractivity contribution in [2.75, 3.05) is 0 Å². The Hall–Kier alpha value is -1.68. The van der Waals surface area contributed by atoms with Crippen LogP contribution in [0.5, 0.6) is 0 Å². The first-order valence-electron chi connectivity index (χ1n) is 6.80. The van der Waals surface area contributed by atoms with Crippen molar-refractivity contribution >= 4 is 0 Å². The zero-order valence-corrected chi connectivity index (χ0v) is 11.9. The second-order valence-electron chi connectivity index (χ2n) is 5.20. The number of nitrogens with two attached hydrogens (primary N) is 1. The van der Waals surface area contributed by atoms with E-state index in [-0.39, 0.29) is 6.04 Å². The van der Waals surface area contributed by atoms with Gasteiger partial charge >= 0.3 is 0 Å². The molecule has 1 aromatic carbocycles. The summed E-state index contributed by atoms with van der Waals surface area (Å²) < 4.78 is 2.12. The molecule has 1 unspecified atom stereocenters. The number of hydrogen-bond donors (Lipinski definition) is 1. The maximum atomic E-state index is 6.27. The lowest BCUT2D eigenvalue weighted by Gasteiger charge is -2.16. The van der Waals surface area contributed by atoms with E-state index in [2.05, 4.69) is 52.9 Å². The molecule has 0 fully saturated rings. The van der Waals surface area contributed by atoms with Gasteiger partial charge in [-0.05, 0) is 39.2 Å². The summed E-state index contributed by atoms with van der Waals surface area (Å²) >= 11 is 0. The van der Waals surface area contributed by atoms with E-state index < -0.39 is 0 Å². The first-order chi connectivity index (χ1) is 9.09. The van der Waals surface area contributed by atoms with Crippen molar-refractivity contribution in [3.63, 3.8) is 0 Å². The van der Waals surface area contributed by atoms with Crippen LogP contribution in [0.3, 0.4) is 0 Å². The van der Waals surface area contributed by atoms with Crippen LogP contribution in [0.25, 0.3) is 0 Å². The van der Waals surface area contributed by atoms with Crippen LogP contribution in [0, 0.1) is 6.92 Å². The molecule has 0 bridgehead atoms. The fraction of sp³-hybridized carbons (Fsp3) is 0.467. The van der Waals surface area contributed by atoms with Gasteiger partial charge in [-0.2, -0.15) is 0 Å². The van der Waals surface area contributed by atoms with E-state index in [4.69, 9.17) is 5.73 Å². The van der Waals surface area contributed by atoms with E-state index in [1.54, 1.807) is 0 Å². The highest BCUT2D eigenvalue weighted by Gasteiger charge is 2.17. The van der Waals surface area contributed by atoms with Gasteiger partial charge in [0.1, 0.15) is 11.6 Å². The Kier molecular flexibility index (Phi) is 4.32. The van der Waals surface area contributed by atoms with Crippen LogP contribution >= 0.6 is 0 Å². The van der Waals surface area contributed by atoms with E-state index >= 15 is 0 Å². The Balaban J connectivity index is 2.06. The van der Waals surface area contributed by atoms with Crippen LogP contribution in [-0.2, 0) is 6.42 Å². The van der Waals surface area contributed by atoms with Gasteiger partial charge < -0.3 is 10.3 Å². The van der Waals surface area contributed by atoms with E-state index in [1.807, 2.05) is 13.0 Å². The average Bonchev–Trinajstić information content (AvgIpc) is 2.79. The van der Waals surface area contributed by atoms with Crippen LogP contribution in [0.1, 0.15) is 49.6 Å². The summed E-state index contributed by atoms with van der Waals surface area (Å²) in [7, 11) is 0. The zero-order chi connectivity index (χ0) is 13.8. The van der Waals surface area contributed by atoms with Crippen LogP contribution in [0.15, 0.2) is 30.3 Å². The molecule has 0 aliphatic carbocycles. The Bertz CT molecular complexity index is 516. The number of hydrogen-bond acceptors (Lipinski definition) is 3. The molecule has 0 aliphatic heterocycles. The molecule has 0 spiro atoms. The maximum absolute atomic E-state index is 6.27. The third-order valence-electron chi connectivity index (χ3n) is 3.33. The van der Waals surface area contributed by atoms with Crippen molar-refractivity contribution in [3.8, 4) is 0 Å². The summed E-state index contributed by atoms with van der Waals surface area (Å²) in [5.74, 6) is 1.82. The van der Waals surface area contributed by atoms with E-state index in [9.17, 15) is 0 Å². The van der Waals surface area contributed by atoms with Gasteiger partial charge in [-0.3, -0.25) is 0 Å². The Labute approximate surface area is 114 Å². The van der Waals surface area contributed by atoms with E-state index in [1.165, 1.54) is 5.56 Å². The highest BCUT2D eigenvalue weighted by atomic mass is 15.3. The summed E-state index contributed by atoms with van der Waals surface area (Å²) in [5, 5.41) is 8.38. The lowest BCUT2D eigenvalue weighted by atomic mass is 10.1. The molecule has 2 rings (SSSR count). The van der Waals surface area contributed by atoms with Gasteiger partial charge in [-0.15, -0.1) is 10.2 Å². The van der Waals surface area contributed by atoms with Crippen molar-refractivity contribution in [1.82, 2.24) is 14.8 Å². The fourth-order valence-corrected chi connectivity index (χ4v) is 2.37. The molecule has 0 saturated carbocycles. The first kappa shape index (κ1) is 13.7. The van der Waals surface area contributed by atoms with Crippen LogP contribution < -0.4 is 5.73 Å². The Morgan fingerprint density at radius 3 is 2.47 bits per heavy atom. The van der Waals surface area contributed by atoms with E-state index in [0.717, 1.165) is 24.5 Å². The molecule has 0 saturated heterocycles. The minimum absolute atomic E-state index is 0.0659. The van der Waals surface area contributed by atoms with Gasteiger partial charge in [0.25, 0.3) is 0 Å². The molecule has 1 heterocycles. The Morgan fingerprint density at radius 2 is 1.84 bits per heavy atom. The van der Waals surface area contributed by atoms with Crippen molar-refractivity contribution in [2.24, 2.45) is 5.73 Å². The maximum Gasteiger partial charge on any atom is 0.150 e. The molecule has 102 valence electrons. The molecule has 0 radical (unpaired) electrons. The molecular weight excluding hydrogens is 236 g/mol. The predicted molar refractivity (Wildman–Crippen MR) is 76.8 cm³/mol. The lowest BCUT2D eigenvalue weighted by molar-refractivity contribution is 0.505. The standard InChI is InChI=1S/C15H22N4/c1-11(2)19-12(3)17-18-15(19)14(16)10-9-13-7-5-4-6-8-13/h4-8,11,14H,9-10,16H2,1-3H3. The van der Waals surface area contributed by atoms with Gasteiger partial charge in [-0.1, -0.05) is 30.3 Å².